The third-order valence-electron chi connectivity index (χ3n) is 2.38. The molecule has 2 heterocycles. The van der Waals surface area contributed by atoms with Gasteiger partial charge >= 0.3 is 0 Å². The maximum atomic E-state index is 4.59. The van der Waals surface area contributed by atoms with Crippen molar-refractivity contribution in [2.75, 3.05) is 6.54 Å². The molecule has 0 saturated carbocycles. The van der Waals surface area contributed by atoms with E-state index in [1.165, 1.54) is 0 Å². The minimum absolute atomic E-state index is 0.841. The molecule has 0 saturated heterocycles. The van der Waals surface area contributed by atoms with Crippen molar-refractivity contribution < 1.29 is 0 Å². The van der Waals surface area contributed by atoms with Crippen LogP contribution >= 0.6 is 11.3 Å². The molecule has 0 aliphatic rings. The van der Waals surface area contributed by atoms with Gasteiger partial charge in [0, 0.05) is 18.5 Å². The monoisotopic (exact) mass is 236 g/mol. The van der Waals surface area contributed by atoms with E-state index in [0.29, 0.717) is 0 Å². The minimum Gasteiger partial charge on any atom is -0.329 e. The third kappa shape index (κ3) is 2.31. The lowest BCUT2D eigenvalue weighted by Gasteiger charge is -2.00. The molecule has 5 heteroatoms. The number of nitrogens with zero attached hydrogens (tertiary/aromatic N) is 3. The Balaban J connectivity index is 2.18. The zero-order valence-electron chi connectivity index (χ0n) is 9.60. The van der Waals surface area contributed by atoms with E-state index >= 15 is 0 Å². The number of thiazole rings is 1. The fourth-order valence-corrected chi connectivity index (χ4v) is 2.35. The Labute approximate surface area is 99.4 Å². The normalized spacial score (nSPS) is 10.9. The topological polar surface area (TPSA) is 42.7 Å². The predicted octanol–water partition coefficient (Wildman–Crippen LogP) is 2.14. The van der Waals surface area contributed by atoms with Crippen LogP contribution in [0.5, 0.6) is 0 Å². The minimum atomic E-state index is 0.841. The van der Waals surface area contributed by atoms with E-state index in [-0.39, 0.29) is 0 Å². The van der Waals surface area contributed by atoms with Gasteiger partial charge in [0.2, 0.25) is 0 Å². The van der Waals surface area contributed by atoms with Gasteiger partial charge < -0.3 is 9.88 Å². The van der Waals surface area contributed by atoms with Crippen LogP contribution in [-0.4, -0.2) is 21.1 Å². The molecule has 2 aromatic rings. The Bertz CT molecular complexity index is 446. The quantitative estimate of drug-likeness (QED) is 0.865. The van der Waals surface area contributed by atoms with E-state index in [9.17, 15) is 0 Å². The molecule has 0 bridgehead atoms. The molecule has 0 aromatic carbocycles. The summed E-state index contributed by atoms with van der Waals surface area (Å²) in [6, 6.07) is 0. The maximum absolute atomic E-state index is 4.59. The first-order valence-electron chi connectivity index (χ1n) is 5.50. The third-order valence-corrected chi connectivity index (χ3v) is 3.29. The van der Waals surface area contributed by atoms with Crippen LogP contribution in [0.3, 0.4) is 0 Å². The van der Waals surface area contributed by atoms with Gasteiger partial charge in [-0.05, 0) is 13.5 Å². The highest BCUT2D eigenvalue weighted by Gasteiger charge is 2.08. The molecule has 2 aromatic heterocycles. The number of nitrogens with one attached hydrogen (secondary N) is 1. The molecular formula is C11H16N4S. The first-order chi connectivity index (χ1) is 7.85. The lowest BCUT2D eigenvalue weighted by atomic mass is 10.4. The van der Waals surface area contributed by atoms with Crippen molar-refractivity contribution in [3.05, 3.63) is 23.6 Å². The van der Waals surface area contributed by atoms with Gasteiger partial charge in [-0.15, -0.1) is 11.3 Å². The molecular weight excluding hydrogens is 220 g/mol. The largest absolute Gasteiger partial charge is 0.329 e. The van der Waals surface area contributed by atoms with Crippen LogP contribution in [0, 0.1) is 0 Å². The van der Waals surface area contributed by atoms with Gasteiger partial charge in [0.05, 0.1) is 23.9 Å². The highest BCUT2D eigenvalue weighted by atomic mass is 32.1. The molecule has 86 valence electrons. The molecule has 0 unspecified atom stereocenters. The maximum Gasteiger partial charge on any atom is 0.141 e. The van der Waals surface area contributed by atoms with E-state index in [2.05, 4.69) is 39.1 Å². The van der Waals surface area contributed by atoms with Crippen molar-refractivity contribution in [2.24, 2.45) is 0 Å². The zero-order chi connectivity index (χ0) is 11.4. The molecule has 0 fully saturated rings. The first kappa shape index (κ1) is 11.3. The zero-order valence-corrected chi connectivity index (χ0v) is 10.4. The van der Waals surface area contributed by atoms with Crippen LogP contribution in [0.15, 0.2) is 17.9 Å². The van der Waals surface area contributed by atoms with Crippen molar-refractivity contribution >= 4 is 11.3 Å². The van der Waals surface area contributed by atoms with Gasteiger partial charge in [-0.2, -0.15) is 0 Å². The highest BCUT2D eigenvalue weighted by molar-refractivity contribution is 7.13. The second kappa shape index (κ2) is 5.23. The summed E-state index contributed by atoms with van der Waals surface area (Å²) in [6.07, 6.45) is 3.72. The molecule has 4 nitrogen and oxygen atoms in total. The van der Waals surface area contributed by atoms with Crippen molar-refractivity contribution in [1.82, 2.24) is 19.9 Å². The van der Waals surface area contributed by atoms with Crippen molar-refractivity contribution in [3.8, 4) is 10.7 Å². The number of aryl methyl sites for hydroxylation is 1. The summed E-state index contributed by atoms with van der Waals surface area (Å²) in [6.45, 7) is 6.95. The van der Waals surface area contributed by atoms with Crippen molar-refractivity contribution in [2.45, 2.75) is 26.9 Å². The smallest absolute Gasteiger partial charge is 0.141 e. The van der Waals surface area contributed by atoms with Crippen molar-refractivity contribution in [3.63, 3.8) is 0 Å². The standard InChI is InChI=1S/C11H16N4S/c1-3-12-5-9-7-16-11(14-9)10-6-13-8-15(10)4-2/h6-8,12H,3-5H2,1-2H3. The summed E-state index contributed by atoms with van der Waals surface area (Å²) >= 11 is 1.68. The summed E-state index contributed by atoms with van der Waals surface area (Å²) in [5.74, 6) is 0. The van der Waals surface area contributed by atoms with Gasteiger partial charge in [-0.25, -0.2) is 9.97 Å². The number of aromatic nitrogens is 3. The summed E-state index contributed by atoms with van der Waals surface area (Å²) in [5, 5.41) is 6.42. The average molecular weight is 236 g/mol. The average Bonchev–Trinajstić information content (AvgIpc) is 2.94. The first-order valence-corrected chi connectivity index (χ1v) is 6.38. The lowest BCUT2D eigenvalue weighted by Crippen LogP contribution is -2.11. The fraction of sp³-hybridized carbons (Fsp3) is 0.455. The van der Waals surface area contributed by atoms with E-state index in [4.69, 9.17) is 0 Å². The Morgan fingerprint density at radius 1 is 1.44 bits per heavy atom. The van der Waals surface area contributed by atoms with Gasteiger partial charge in [0.15, 0.2) is 0 Å². The Hall–Kier alpha value is -1.20. The van der Waals surface area contributed by atoms with Crippen molar-refractivity contribution in [1.29, 1.82) is 0 Å². The summed E-state index contributed by atoms with van der Waals surface area (Å²) in [4.78, 5) is 8.75. The molecule has 0 amide bonds. The van der Waals surface area contributed by atoms with Crippen LogP contribution in [-0.2, 0) is 13.1 Å². The van der Waals surface area contributed by atoms with Crippen LogP contribution in [0.1, 0.15) is 19.5 Å². The summed E-state index contributed by atoms with van der Waals surface area (Å²) in [5.41, 5.74) is 2.21. The SMILES string of the molecule is CCNCc1csc(-c2cncn2CC)n1. The second-order valence-electron chi connectivity index (χ2n) is 3.49. The molecule has 0 radical (unpaired) electrons. The van der Waals surface area contributed by atoms with Gasteiger partial charge in [0.1, 0.15) is 5.01 Å². The van der Waals surface area contributed by atoms with E-state index < -0.39 is 0 Å². The van der Waals surface area contributed by atoms with Crippen LogP contribution < -0.4 is 5.32 Å². The number of hydrogen-bond donors (Lipinski definition) is 1. The van der Waals surface area contributed by atoms with E-state index in [1.807, 2.05) is 12.5 Å². The predicted molar refractivity (Wildman–Crippen MR) is 66.4 cm³/mol. The molecule has 16 heavy (non-hydrogen) atoms. The Morgan fingerprint density at radius 3 is 3.06 bits per heavy atom. The molecule has 0 atom stereocenters. The number of imidazole rings is 1. The van der Waals surface area contributed by atoms with E-state index in [1.54, 1.807) is 11.3 Å². The molecule has 0 spiro atoms. The second-order valence-corrected chi connectivity index (χ2v) is 4.35. The van der Waals surface area contributed by atoms with Gasteiger partial charge in [-0.3, -0.25) is 0 Å². The molecule has 0 aliphatic carbocycles. The van der Waals surface area contributed by atoms with E-state index in [0.717, 1.165) is 36.0 Å². The van der Waals surface area contributed by atoms with Crippen LogP contribution in [0.4, 0.5) is 0 Å². The summed E-state index contributed by atoms with van der Waals surface area (Å²) in [7, 11) is 0. The van der Waals surface area contributed by atoms with Crippen LogP contribution in [0.25, 0.3) is 10.7 Å². The highest BCUT2D eigenvalue weighted by Crippen LogP contribution is 2.23. The van der Waals surface area contributed by atoms with Crippen LogP contribution in [0.2, 0.25) is 0 Å². The number of hydrogen-bond acceptors (Lipinski definition) is 4. The Kier molecular flexibility index (Phi) is 3.69. The molecule has 0 aliphatic heterocycles. The molecule has 2 rings (SSSR count). The molecule has 1 N–H and O–H groups in total. The fourth-order valence-electron chi connectivity index (χ4n) is 1.51. The van der Waals surface area contributed by atoms with Gasteiger partial charge in [0.25, 0.3) is 0 Å². The summed E-state index contributed by atoms with van der Waals surface area (Å²) < 4.78 is 2.11. The Morgan fingerprint density at radius 2 is 2.31 bits per heavy atom. The number of rotatable bonds is 5. The van der Waals surface area contributed by atoms with Gasteiger partial charge in [-0.1, -0.05) is 6.92 Å². The lowest BCUT2D eigenvalue weighted by molar-refractivity contribution is 0.714.